The summed E-state index contributed by atoms with van der Waals surface area (Å²) < 4.78 is 5.11. The summed E-state index contributed by atoms with van der Waals surface area (Å²) in [4.78, 5) is 32.0. The maximum Gasteiger partial charge on any atom is 0.338 e. The number of hydrogen-bond acceptors (Lipinski definition) is 6. The highest BCUT2D eigenvalue weighted by atomic mass is 35.5. The van der Waals surface area contributed by atoms with Crippen molar-refractivity contribution in [3.05, 3.63) is 57.2 Å². The molecule has 0 radical (unpaired) electrons. The zero-order chi connectivity index (χ0) is 21.3. The third-order valence-corrected chi connectivity index (χ3v) is 6.58. The normalized spacial score (nSPS) is 20.5. The van der Waals surface area contributed by atoms with E-state index in [2.05, 4.69) is 5.32 Å². The highest BCUT2D eigenvalue weighted by Crippen LogP contribution is 2.45. The van der Waals surface area contributed by atoms with Crippen molar-refractivity contribution in [3.63, 3.8) is 0 Å². The van der Waals surface area contributed by atoms with Crippen LogP contribution in [0.4, 0.5) is 0 Å². The summed E-state index contributed by atoms with van der Waals surface area (Å²) in [6.07, 6.45) is 3.21. The van der Waals surface area contributed by atoms with Crippen LogP contribution in [-0.2, 0) is 14.3 Å². The first-order valence-corrected chi connectivity index (χ1v) is 11.3. The Bertz CT molecular complexity index is 951. The van der Waals surface area contributed by atoms with E-state index in [0.717, 1.165) is 23.0 Å². The van der Waals surface area contributed by atoms with Gasteiger partial charge in [0.1, 0.15) is 0 Å². The minimum Gasteiger partial charge on any atom is -0.466 e. The number of carbonyl (C=O) groups excluding carboxylic acids is 2. The molecule has 1 aliphatic carbocycles. The Labute approximate surface area is 185 Å². The number of allylic oxidation sites excluding steroid dienone is 1. The largest absolute Gasteiger partial charge is 0.466 e. The van der Waals surface area contributed by atoms with Gasteiger partial charge in [0.2, 0.25) is 5.91 Å². The van der Waals surface area contributed by atoms with E-state index in [4.69, 9.17) is 21.3 Å². The van der Waals surface area contributed by atoms with Gasteiger partial charge in [0.25, 0.3) is 0 Å². The topological polar surface area (TPSA) is 71.0 Å². The number of rotatable bonds is 7. The summed E-state index contributed by atoms with van der Waals surface area (Å²) in [5, 5.41) is 6.36. The van der Waals surface area contributed by atoms with Gasteiger partial charge < -0.3 is 15.0 Å². The zero-order valence-corrected chi connectivity index (χ0v) is 18.6. The summed E-state index contributed by atoms with van der Waals surface area (Å²) in [7, 11) is 1.38. The molecule has 8 heteroatoms. The van der Waals surface area contributed by atoms with Crippen LogP contribution >= 0.6 is 23.4 Å². The monoisotopic (exact) mass is 445 g/mol. The van der Waals surface area contributed by atoms with Gasteiger partial charge in [-0.05, 0) is 48.3 Å². The number of thioether (sulfide) groups is 1. The number of halogens is 1. The van der Waals surface area contributed by atoms with E-state index >= 15 is 0 Å². The third kappa shape index (κ3) is 4.27. The van der Waals surface area contributed by atoms with Gasteiger partial charge in [-0.15, -0.1) is 0 Å². The second-order valence-electron chi connectivity index (χ2n) is 7.58. The molecule has 2 heterocycles. The van der Waals surface area contributed by atoms with Crippen LogP contribution in [0, 0.1) is 5.92 Å². The van der Waals surface area contributed by atoms with Crippen LogP contribution in [0.5, 0.6) is 0 Å². The maximum atomic E-state index is 12.8. The van der Waals surface area contributed by atoms with Gasteiger partial charge in [-0.3, -0.25) is 4.79 Å². The summed E-state index contributed by atoms with van der Waals surface area (Å²) in [6.45, 7) is 2.70. The fraction of sp³-hybridized carbons (Fsp3) is 0.409. The van der Waals surface area contributed by atoms with E-state index in [-0.39, 0.29) is 12.3 Å². The van der Waals surface area contributed by atoms with Gasteiger partial charge in [-0.2, -0.15) is 0 Å². The van der Waals surface area contributed by atoms with Crippen LogP contribution in [0.3, 0.4) is 0 Å². The first-order chi connectivity index (χ1) is 14.5. The van der Waals surface area contributed by atoms with Crippen molar-refractivity contribution in [1.29, 1.82) is 0 Å². The molecule has 2 aliphatic heterocycles. The molecule has 4 rings (SSSR count). The molecule has 1 unspecified atom stereocenters. The molecule has 0 saturated heterocycles. The number of aliphatic imine (C=N–C) groups is 1. The highest BCUT2D eigenvalue weighted by molar-refractivity contribution is 8.16. The molecule has 158 valence electrons. The van der Waals surface area contributed by atoms with Gasteiger partial charge in [0.05, 0.1) is 30.8 Å². The van der Waals surface area contributed by atoms with Crippen molar-refractivity contribution in [2.75, 3.05) is 13.7 Å². The smallest absolute Gasteiger partial charge is 0.338 e. The Morgan fingerprint density at radius 2 is 2.03 bits per heavy atom. The van der Waals surface area contributed by atoms with E-state index in [0.29, 0.717) is 28.6 Å². The number of hydrogen-bond donors (Lipinski definition) is 1. The van der Waals surface area contributed by atoms with Crippen LogP contribution in [0.2, 0.25) is 5.02 Å². The molecule has 1 amide bonds. The average Bonchev–Trinajstić information content (AvgIpc) is 3.51. The van der Waals surface area contributed by atoms with Crippen molar-refractivity contribution >= 4 is 40.4 Å². The molecular formula is C22H24ClN3O3S. The van der Waals surface area contributed by atoms with Crippen molar-refractivity contribution < 1.29 is 14.3 Å². The predicted octanol–water partition coefficient (Wildman–Crippen LogP) is 4.39. The van der Waals surface area contributed by atoms with E-state index in [1.165, 1.54) is 31.7 Å². The number of benzene rings is 1. The summed E-state index contributed by atoms with van der Waals surface area (Å²) in [6, 6.07) is 6.99. The maximum absolute atomic E-state index is 12.8. The minimum absolute atomic E-state index is 0.0188. The fourth-order valence-corrected chi connectivity index (χ4v) is 4.74. The molecule has 6 nitrogen and oxygen atoms in total. The summed E-state index contributed by atoms with van der Waals surface area (Å²) in [5.74, 6) is 0.189. The molecule has 1 saturated carbocycles. The van der Waals surface area contributed by atoms with Crippen LogP contribution in [-0.4, -0.2) is 35.6 Å². The molecule has 0 bridgehead atoms. The van der Waals surface area contributed by atoms with Gasteiger partial charge in [-0.1, -0.05) is 42.4 Å². The van der Waals surface area contributed by atoms with Crippen LogP contribution in [0.25, 0.3) is 0 Å². The fourth-order valence-electron chi connectivity index (χ4n) is 3.68. The summed E-state index contributed by atoms with van der Waals surface area (Å²) in [5.41, 5.74) is 2.92. The lowest BCUT2D eigenvalue weighted by atomic mass is 9.93. The van der Waals surface area contributed by atoms with Crippen molar-refractivity contribution in [3.8, 4) is 0 Å². The van der Waals surface area contributed by atoms with Crippen molar-refractivity contribution in [2.24, 2.45) is 10.9 Å². The Kier molecular flexibility index (Phi) is 6.20. The predicted molar refractivity (Wildman–Crippen MR) is 119 cm³/mol. The van der Waals surface area contributed by atoms with Crippen LogP contribution < -0.4 is 5.32 Å². The van der Waals surface area contributed by atoms with Gasteiger partial charge in [0.15, 0.2) is 5.17 Å². The van der Waals surface area contributed by atoms with E-state index in [9.17, 15) is 9.59 Å². The van der Waals surface area contributed by atoms with E-state index < -0.39 is 12.0 Å². The van der Waals surface area contributed by atoms with Crippen molar-refractivity contribution in [2.45, 2.75) is 38.6 Å². The molecule has 1 fully saturated rings. The Morgan fingerprint density at radius 1 is 1.30 bits per heavy atom. The number of amidine groups is 1. The molecule has 30 heavy (non-hydrogen) atoms. The third-order valence-electron chi connectivity index (χ3n) is 5.44. The number of methoxy groups -OCH3 is 1. The van der Waals surface area contributed by atoms with Gasteiger partial charge >= 0.3 is 5.97 Å². The molecule has 1 aromatic carbocycles. The number of nitrogens with zero attached hydrogens (tertiary/aromatic N) is 2. The van der Waals surface area contributed by atoms with Crippen molar-refractivity contribution in [1.82, 2.24) is 10.2 Å². The lowest BCUT2D eigenvalue weighted by molar-refractivity contribution is -0.136. The van der Waals surface area contributed by atoms with E-state index in [1.54, 1.807) is 12.1 Å². The van der Waals surface area contributed by atoms with Gasteiger partial charge in [0, 0.05) is 17.3 Å². The Morgan fingerprint density at radius 3 is 2.67 bits per heavy atom. The molecule has 3 aliphatic rings. The number of ether oxygens (including phenoxy) is 1. The quantitative estimate of drug-likeness (QED) is 0.630. The second kappa shape index (κ2) is 8.86. The highest BCUT2D eigenvalue weighted by Gasteiger charge is 2.41. The second-order valence-corrected chi connectivity index (χ2v) is 8.85. The number of carbonyl (C=O) groups is 2. The summed E-state index contributed by atoms with van der Waals surface area (Å²) >= 11 is 7.57. The first kappa shape index (κ1) is 21.0. The van der Waals surface area contributed by atoms with Crippen LogP contribution in [0.15, 0.2) is 51.6 Å². The lowest BCUT2D eigenvalue weighted by Gasteiger charge is -2.36. The molecule has 1 N–H and O–H groups in total. The molecular weight excluding hydrogens is 422 g/mol. The van der Waals surface area contributed by atoms with Gasteiger partial charge in [-0.25, -0.2) is 9.79 Å². The average molecular weight is 446 g/mol. The number of esters is 1. The van der Waals surface area contributed by atoms with Crippen LogP contribution in [0.1, 0.15) is 44.2 Å². The zero-order valence-electron chi connectivity index (χ0n) is 17.0. The number of fused-ring (bicyclic) bond motifs is 1. The Balaban J connectivity index is 1.68. The molecule has 0 aromatic heterocycles. The standard InChI is InChI=1S/C22H24ClN3O3S/c1-3-17-19(21(28)29-2)20(14-6-8-15(23)9-7-14)26-16(12-30-22(26)25-17)10-18(27)24-11-13-4-5-13/h6-9,12-13,20H,3-5,10-11H2,1-2H3,(H,24,27). The first-order valence-electron chi connectivity index (χ1n) is 10.1. The molecule has 0 spiro atoms. The minimum atomic E-state index is -0.422. The number of nitrogens with one attached hydrogen (secondary N) is 1. The van der Waals surface area contributed by atoms with E-state index in [1.807, 2.05) is 29.4 Å². The Hall–Kier alpha value is -2.25. The lowest BCUT2D eigenvalue weighted by Crippen LogP contribution is -2.38. The molecule has 1 aromatic rings. The molecule has 1 atom stereocenters. The SMILES string of the molecule is CCC1=C(C(=O)OC)C(c2ccc(Cl)cc2)N2C(CC(=O)NCC3CC3)=CSC2=N1. The number of amides is 1.